The average Bonchev–Trinajstić information content (AvgIpc) is 3.50. The highest BCUT2D eigenvalue weighted by atomic mass is 16.6. The smallest absolute Gasteiger partial charge is 0.338 e. The second-order valence-electron chi connectivity index (χ2n) is 12.5. The van der Waals surface area contributed by atoms with Gasteiger partial charge in [0.05, 0.1) is 22.8 Å². The SMILES string of the molecule is CC1O[C@@H](COC(=O)c2ccc(-c3ccccc3)cc2)[C@H](OC(=O)c2ccc(-c3ccccc3)cc2)[C@H]1OC(=O)c1ccc(-c2ccccc2)cc1. The van der Waals surface area contributed by atoms with Crippen LogP contribution in [-0.4, -0.2) is 48.9 Å². The Bertz CT molecular complexity index is 2110. The maximum Gasteiger partial charge on any atom is 0.338 e. The fourth-order valence-electron chi connectivity index (χ4n) is 6.26. The Hall–Kier alpha value is -6.31. The Morgan fingerprint density at radius 1 is 0.442 bits per heavy atom. The van der Waals surface area contributed by atoms with E-state index >= 15 is 0 Å². The van der Waals surface area contributed by atoms with Crippen LogP contribution in [0.15, 0.2) is 164 Å². The van der Waals surface area contributed by atoms with Crippen molar-refractivity contribution in [3.8, 4) is 33.4 Å². The lowest BCUT2D eigenvalue weighted by Gasteiger charge is -2.24. The number of carbonyl (C=O) groups excluding carboxylic acids is 3. The molecule has 1 saturated heterocycles. The Kier molecular flexibility index (Phi) is 10.3. The Balaban J connectivity index is 1.07. The van der Waals surface area contributed by atoms with Gasteiger partial charge in [0.25, 0.3) is 0 Å². The lowest BCUT2D eigenvalue weighted by molar-refractivity contribution is -0.0442. The van der Waals surface area contributed by atoms with Crippen LogP contribution >= 0.6 is 0 Å². The van der Waals surface area contributed by atoms with Gasteiger partial charge in [-0.15, -0.1) is 0 Å². The normalized spacial score (nSPS) is 17.9. The summed E-state index contributed by atoms with van der Waals surface area (Å²) in [6.07, 6.45) is -3.59. The van der Waals surface area contributed by atoms with Gasteiger partial charge in [0.1, 0.15) is 12.7 Å². The Labute approximate surface area is 302 Å². The second-order valence-corrected chi connectivity index (χ2v) is 12.5. The molecule has 1 aliphatic rings. The third kappa shape index (κ3) is 7.85. The van der Waals surface area contributed by atoms with Gasteiger partial charge in [0, 0.05) is 0 Å². The number of ether oxygens (including phenoxy) is 4. The summed E-state index contributed by atoms with van der Waals surface area (Å²) in [5, 5.41) is 0. The summed E-state index contributed by atoms with van der Waals surface area (Å²) >= 11 is 0. The molecule has 7 rings (SSSR count). The molecule has 52 heavy (non-hydrogen) atoms. The van der Waals surface area contributed by atoms with E-state index in [0.717, 1.165) is 33.4 Å². The van der Waals surface area contributed by atoms with Crippen LogP contribution in [0.25, 0.3) is 33.4 Å². The Morgan fingerprint density at radius 3 is 1.15 bits per heavy atom. The van der Waals surface area contributed by atoms with E-state index in [2.05, 4.69) is 0 Å². The van der Waals surface area contributed by atoms with Gasteiger partial charge >= 0.3 is 17.9 Å². The van der Waals surface area contributed by atoms with Crippen LogP contribution in [0.2, 0.25) is 0 Å². The lowest BCUT2D eigenvalue weighted by Crippen LogP contribution is -2.41. The number of rotatable bonds is 10. The van der Waals surface area contributed by atoms with Gasteiger partial charge < -0.3 is 18.9 Å². The van der Waals surface area contributed by atoms with Crippen LogP contribution in [0.3, 0.4) is 0 Å². The molecule has 0 saturated carbocycles. The first kappa shape index (κ1) is 34.2. The van der Waals surface area contributed by atoms with E-state index in [1.807, 2.05) is 127 Å². The van der Waals surface area contributed by atoms with Gasteiger partial charge in [-0.3, -0.25) is 0 Å². The van der Waals surface area contributed by atoms with Crippen LogP contribution < -0.4 is 0 Å². The molecule has 1 fully saturated rings. The van der Waals surface area contributed by atoms with E-state index < -0.39 is 42.3 Å². The molecule has 0 N–H and O–H groups in total. The van der Waals surface area contributed by atoms with Crippen molar-refractivity contribution in [2.45, 2.75) is 31.3 Å². The number of hydrogen-bond acceptors (Lipinski definition) is 7. The van der Waals surface area contributed by atoms with Crippen LogP contribution in [0.5, 0.6) is 0 Å². The van der Waals surface area contributed by atoms with Crippen molar-refractivity contribution < 1.29 is 33.3 Å². The molecule has 6 aromatic rings. The van der Waals surface area contributed by atoms with Crippen molar-refractivity contribution in [2.75, 3.05) is 6.61 Å². The van der Waals surface area contributed by atoms with Gasteiger partial charge in [-0.2, -0.15) is 0 Å². The highest BCUT2D eigenvalue weighted by Crippen LogP contribution is 2.30. The monoisotopic (exact) mass is 688 g/mol. The summed E-state index contributed by atoms with van der Waals surface area (Å²) in [4.78, 5) is 40.1. The van der Waals surface area contributed by atoms with Crippen molar-refractivity contribution >= 4 is 17.9 Å². The minimum atomic E-state index is -1.06. The van der Waals surface area contributed by atoms with E-state index in [0.29, 0.717) is 16.7 Å². The van der Waals surface area contributed by atoms with Gasteiger partial charge in [0.2, 0.25) is 0 Å². The summed E-state index contributed by atoms with van der Waals surface area (Å²) in [7, 11) is 0. The first-order chi connectivity index (χ1) is 25.4. The molecule has 0 spiro atoms. The highest BCUT2D eigenvalue weighted by Gasteiger charge is 2.48. The molecule has 1 aliphatic heterocycles. The summed E-state index contributed by atoms with van der Waals surface area (Å²) in [5.74, 6) is -1.77. The van der Waals surface area contributed by atoms with Gasteiger partial charge in [-0.05, 0) is 76.7 Å². The van der Waals surface area contributed by atoms with E-state index in [-0.39, 0.29) is 6.61 Å². The minimum absolute atomic E-state index is 0.228. The van der Waals surface area contributed by atoms with Crippen LogP contribution in [-0.2, 0) is 18.9 Å². The number of esters is 3. The van der Waals surface area contributed by atoms with Gasteiger partial charge in [-0.1, -0.05) is 127 Å². The van der Waals surface area contributed by atoms with E-state index in [1.165, 1.54) is 0 Å². The van der Waals surface area contributed by atoms with E-state index in [9.17, 15) is 14.4 Å². The highest BCUT2D eigenvalue weighted by molar-refractivity contribution is 5.92. The molecule has 0 bridgehead atoms. The minimum Gasteiger partial charge on any atom is -0.459 e. The van der Waals surface area contributed by atoms with Crippen LogP contribution in [0.4, 0.5) is 0 Å². The van der Waals surface area contributed by atoms with Crippen LogP contribution in [0.1, 0.15) is 38.0 Å². The average molecular weight is 689 g/mol. The molecule has 1 heterocycles. The predicted octanol–water partition coefficient (Wildman–Crippen LogP) is 9.08. The first-order valence-electron chi connectivity index (χ1n) is 17.1. The molecular weight excluding hydrogens is 652 g/mol. The largest absolute Gasteiger partial charge is 0.459 e. The quantitative estimate of drug-likeness (QED) is 0.105. The fourth-order valence-corrected chi connectivity index (χ4v) is 6.26. The summed E-state index contributed by atoms with van der Waals surface area (Å²) in [5.41, 5.74) is 6.94. The molecule has 0 radical (unpaired) electrons. The molecule has 6 aromatic carbocycles. The summed E-state index contributed by atoms with van der Waals surface area (Å²) in [6, 6.07) is 50.8. The molecule has 7 nitrogen and oxygen atoms in total. The topological polar surface area (TPSA) is 88.1 Å². The molecule has 1 unspecified atom stereocenters. The van der Waals surface area contributed by atoms with Crippen molar-refractivity contribution in [3.05, 3.63) is 180 Å². The Morgan fingerprint density at radius 2 is 0.769 bits per heavy atom. The van der Waals surface area contributed by atoms with Crippen molar-refractivity contribution in [1.29, 1.82) is 0 Å². The fraction of sp³-hybridized carbons (Fsp3) is 0.133. The summed E-state index contributed by atoms with van der Waals surface area (Å²) in [6.45, 7) is 1.50. The summed E-state index contributed by atoms with van der Waals surface area (Å²) < 4.78 is 23.8. The zero-order chi connectivity index (χ0) is 35.9. The van der Waals surface area contributed by atoms with E-state index in [4.69, 9.17) is 18.9 Å². The molecule has 7 heteroatoms. The molecule has 0 aliphatic carbocycles. The van der Waals surface area contributed by atoms with Crippen molar-refractivity contribution in [1.82, 2.24) is 0 Å². The zero-order valence-corrected chi connectivity index (χ0v) is 28.5. The van der Waals surface area contributed by atoms with Gasteiger partial charge in [0.15, 0.2) is 12.2 Å². The molecule has 0 aromatic heterocycles. The van der Waals surface area contributed by atoms with Gasteiger partial charge in [-0.25, -0.2) is 14.4 Å². The predicted molar refractivity (Wildman–Crippen MR) is 199 cm³/mol. The third-order valence-electron chi connectivity index (χ3n) is 9.09. The lowest BCUT2D eigenvalue weighted by atomic mass is 10.0. The number of hydrogen-bond donors (Lipinski definition) is 0. The number of benzene rings is 6. The maximum absolute atomic E-state index is 13.6. The molecular formula is C45H36O7. The zero-order valence-electron chi connectivity index (χ0n) is 28.5. The van der Waals surface area contributed by atoms with Crippen LogP contribution in [0, 0.1) is 0 Å². The third-order valence-corrected chi connectivity index (χ3v) is 9.09. The molecule has 4 atom stereocenters. The standard InChI is InChI=1S/C45H36O7/c1-30-41(51-44(47)38-25-19-35(20-26-38)32-13-7-3-8-14-32)42(52-45(48)39-27-21-36(22-28-39)33-15-9-4-10-16-33)40(50-30)29-49-43(46)37-23-17-34(18-24-37)31-11-5-2-6-12-31/h2-28,30,40-42H,29H2,1H3/t30?,40-,41-,42-/m0/s1. The van der Waals surface area contributed by atoms with Crippen molar-refractivity contribution in [3.63, 3.8) is 0 Å². The number of carbonyl (C=O) groups is 3. The first-order valence-corrected chi connectivity index (χ1v) is 17.1. The van der Waals surface area contributed by atoms with E-state index in [1.54, 1.807) is 43.3 Å². The maximum atomic E-state index is 13.6. The second kappa shape index (κ2) is 15.7. The molecule has 258 valence electrons. The molecule has 0 amide bonds. The van der Waals surface area contributed by atoms with Crippen molar-refractivity contribution in [2.24, 2.45) is 0 Å².